The predicted molar refractivity (Wildman–Crippen MR) is 80.0 cm³/mol. The lowest BCUT2D eigenvalue weighted by Gasteiger charge is -2.04. The van der Waals surface area contributed by atoms with Crippen LogP contribution in [0.5, 0.6) is 0 Å². The molecule has 0 bridgehead atoms. The lowest BCUT2D eigenvalue weighted by molar-refractivity contribution is 0.372. The zero-order valence-electron chi connectivity index (χ0n) is 10.8. The van der Waals surface area contributed by atoms with E-state index >= 15 is 0 Å². The van der Waals surface area contributed by atoms with Crippen LogP contribution in [0.2, 0.25) is 0 Å². The van der Waals surface area contributed by atoms with Crippen molar-refractivity contribution in [3.05, 3.63) is 40.1 Å². The number of imidazole rings is 1. The smallest absolute Gasteiger partial charge is 0.160 e. The molecule has 3 heterocycles. The standard InChI is InChI=1S/C13H12BrClN4O/c1-8-4-10(20-18-8)7-19-12(2-3-15)17-11-5-9(14)6-16-13(11)19/h4-6H,2-3,7H2,1H3. The summed E-state index contributed by atoms with van der Waals surface area (Å²) in [4.78, 5) is 9.03. The quantitative estimate of drug-likeness (QED) is 0.674. The number of hydrogen-bond acceptors (Lipinski definition) is 4. The molecule has 0 saturated carbocycles. The molecule has 0 N–H and O–H groups in total. The van der Waals surface area contributed by atoms with Crippen LogP contribution in [0, 0.1) is 6.92 Å². The summed E-state index contributed by atoms with van der Waals surface area (Å²) in [6.45, 7) is 2.45. The van der Waals surface area contributed by atoms with Gasteiger partial charge in [-0.2, -0.15) is 0 Å². The molecule has 0 saturated heterocycles. The molecule has 104 valence electrons. The first-order chi connectivity index (χ1) is 9.67. The molecule has 7 heteroatoms. The summed E-state index contributed by atoms with van der Waals surface area (Å²) >= 11 is 9.26. The average molecular weight is 356 g/mol. The zero-order valence-corrected chi connectivity index (χ0v) is 13.1. The number of pyridine rings is 1. The van der Waals surface area contributed by atoms with Crippen molar-refractivity contribution in [2.24, 2.45) is 0 Å². The lowest BCUT2D eigenvalue weighted by Crippen LogP contribution is -2.06. The molecule has 0 fully saturated rings. The molecule has 0 amide bonds. The van der Waals surface area contributed by atoms with Crippen LogP contribution in [0.15, 0.2) is 27.3 Å². The minimum atomic E-state index is 0.514. The van der Waals surface area contributed by atoms with E-state index in [-0.39, 0.29) is 0 Å². The summed E-state index contributed by atoms with van der Waals surface area (Å²) in [5.74, 6) is 2.19. The molecule has 0 aromatic carbocycles. The van der Waals surface area contributed by atoms with Gasteiger partial charge in [0, 0.05) is 29.0 Å². The van der Waals surface area contributed by atoms with Gasteiger partial charge in [0.05, 0.1) is 12.2 Å². The Hall–Kier alpha value is -1.40. The highest BCUT2D eigenvalue weighted by molar-refractivity contribution is 9.10. The molecule has 3 aromatic rings. The molecule has 0 atom stereocenters. The number of rotatable bonds is 4. The van der Waals surface area contributed by atoms with Crippen LogP contribution in [0.1, 0.15) is 17.3 Å². The first-order valence-electron chi connectivity index (χ1n) is 6.16. The molecule has 0 aliphatic rings. The van der Waals surface area contributed by atoms with Crippen molar-refractivity contribution in [1.29, 1.82) is 0 Å². The number of aryl methyl sites for hydroxylation is 2. The number of nitrogens with zero attached hydrogens (tertiary/aromatic N) is 4. The third kappa shape index (κ3) is 2.58. The van der Waals surface area contributed by atoms with E-state index in [0.29, 0.717) is 18.8 Å². The zero-order chi connectivity index (χ0) is 14.1. The van der Waals surface area contributed by atoms with Gasteiger partial charge in [-0.05, 0) is 28.9 Å². The molecule has 0 aliphatic heterocycles. The van der Waals surface area contributed by atoms with Crippen LogP contribution in [0.3, 0.4) is 0 Å². The van der Waals surface area contributed by atoms with Gasteiger partial charge in [-0.1, -0.05) is 5.16 Å². The first-order valence-corrected chi connectivity index (χ1v) is 7.49. The molecular weight excluding hydrogens is 344 g/mol. The van der Waals surface area contributed by atoms with Gasteiger partial charge in [0.15, 0.2) is 11.4 Å². The molecule has 20 heavy (non-hydrogen) atoms. The minimum Gasteiger partial charge on any atom is -0.359 e. The third-order valence-corrected chi connectivity index (χ3v) is 3.56. The Balaban J connectivity index is 2.08. The third-order valence-electron chi connectivity index (χ3n) is 2.94. The van der Waals surface area contributed by atoms with Gasteiger partial charge in [-0.25, -0.2) is 9.97 Å². The van der Waals surface area contributed by atoms with Crippen molar-refractivity contribution < 1.29 is 4.52 Å². The predicted octanol–water partition coefficient (Wildman–Crippen LogP) is 3.32. The highest BCUT2D eigenvalue weighted by atomic mass is 79.9. The Morgan fingerprint density at radius 3 is 2.95 bits per heavy atom. The number of fused-ring (bicyclic) bond motifs is 1. The summed E-state index contributed by atoms with van der Waals surface area (Å²) in [6, 6.07) is 3.86. The summed E-state index contributed by atoms with van der Waals surface area (Å²) in [5.41, 5.74) is 2.53. The molecule has 3 aromatic heterocycles. The monoisotopic (exact) mass is 354 g/mol. The van der Waals surface area contributed by atoms with Crippen molar-refractivity contribution >= 4 is 38.7 Å². The van der Waals surface area contributed by atoms with E-state index in [1.165, 1.54) is 0 Å². The van der Waals surface area contributed by atoms with Gasteiger partial charge in [-0.3, -0.25) is 0 Å². The Labute approximate surface area is 129 Å². The van der Waals surface area contributed by atoms with Gasteiger partial charge in [0.1, 0.15) is 11.3 Å². The molecule has 3 rings (SSSR count). The number of halogens is 2. The van der Waals surface area contributed by atoms with Gasteiger partial charge >= 0.3 is 0 Å². The van der Waals surface area contributed by atoms with E-state index in [4.69, 9.17) is 16.1 Å². The van der Waals surface area contributed by atoms with Crippen molar-refractivity contribution in [1.82, 2.24) is 19.7 Å². The van der Waals surface area contributed by atoms with E-state index in [2.05, 4.69) is 31.1 Å². The molecular formula is C13H12BrClN4O. The lowest BCUT2D eigenvalue weighted by atomic mass is 10.3. The summed E-state index contributed by atoms with van der Waals surface area (Å²) < 4.78 is 8.20. The molecule has 0 radical (unpaired) electrons. The van der Waals surface area contributed by atoms with Crippen LogP contribution in [-0.4, -0.2) is 25.6 Å². The molecule has 5 nitrogen and oxygen atoms in total. The highest BCUT2D eigenvalue weighted by Crippen LogP contribution is 2.20. The first kappa shape index (κ1) is 13.6. The van der Waals surface area contributed by atoms with E-state index in [0.717, 1.165) is 32.9 Å². The van der Waals surface area contributed by atoms with Gasteiger partial charge in [-0.15, -0.1) is 11.6 Å². The second kappa shape index (κ2) is 5.54. The van der Waals surface area contributed by atoms with E-state index in [9.17, 15) is 0 Å². The Kier molecular flexibility index (Phi) is 3.76. The fraction of sp³-hybridized carbons (Fsp3) is 0.308. The molecule has 0 unspecified atom stereocenters. The maximum atomic E-state index is 5.86. The Morgan fingerprint density at radius 2 is 2.25 bits per heavy atom. The second-order valence-electron chi connectivity index (χ2n) is 4.48. The maximum absolute atomic E-state index is 5.86. The average Bonchev–Trinajstić information content (AvgIpc) is 2.95. The highest BCUT2D eigenvalue weighted by Gasteiger charge is 2.14. The topological polar surface area (TPSA) is 56.7 Å². The van der Waals surface area contributed by atoms with Crippen LogP contribution < -0.4 is 0 Å². The van der Waals surface area contributed by atoms with Crippen molar-refractivity contribution in [2.45, 2.75) is 19.9 Å². The van der Waals surface area contributed by atoms with Crippen molar-refractivity contribution in [3.63, 3.8) is 0 Å². The van der Waals surface area contributed by atoms with Crippen LogP contribution in [-0.2, 0) is 13.0 Å². The van der Waals surface area contributed by atoms with Gasteiger partial charge < -0.3 is 9.09 Å². The number of hydrogen-bond donors (Lipinski definition) is 0. The normalized spacial score (nSPS) is 11.3. The van der Waals surface area contributed by atoms with E-state index in [1.807, 2.05) is 23.6 Å². The molecule has 0 spiro atoms. The van der Waals surface area contributed by atoms with Crippen LogP contribution in [0.25, 0.3) is 11.2 Å². The number of aromatic nitrogens is 4. The summed E-state index contributed by atoms with van der Waals surface area (Å²) in [5, 5.41) is 3.90. The van der Waals surface area contributed by atoms with Gasteiger partial charge in [0.25, 0.3) is 0 Å². The van der Waals surface area contributed by atoms with Crippen LogP contribution >= 0.6 is 27.5 Å². The largest absolute Gasteiger partial charge is 0.359 e. The minimum absolute atomic E-state index is 0.514. The Bertz CT molecular complexity index is 752. The second-order valence-corrected chi connectivity index (χ2v) is 5.78. The fourth-order valence-electron chi connectivity index (χ4n) is 2.12. The summed E-state index contributed by atoms with van der Waals surface area (Å²) in [6.07, 6.45) is 2.44. The Morgan fingerprint density at radius 1 is 1.40 bits per heavy atom. The van der Waals surface area contributed by atoms with E-state index < -0.39 is 0 Å². The van der Waals surface area contributed by atoms with Crippen LogP contribution in [0.4, 0.5) is 0 Å². The van der Waals surface area contributed by atoms with E-state index in [1.54, 1.807) is 6.20 Å². The SMILES string of the molecule is Cc1cc(Cn2c(CCCl)nc3cc(Br)cnc32)on1. The maximum Gasteiger partial charge on any atom is 0.160 e. The van der Waals surface area contributed by atoms with Crippen molar-refractivity contribution in [3.8, 4) is 0 Å². The molecule has 0 aliphatic carbocycles. The van der Waals surface area contributed by atoms with Gasteiger partial charge in [0.2, 0.25) is 0 Å². The van der Waals surface area contributed by atoms with Crippen molar-refractivity contribution in [2.75, 3.05) is 5.88 Å². The summed E-state index contributed by atoms with van der Waals surface area (Å²) in [7, 11) is 0. The fourth-order valence-corrected chi connectivity index (χ4v) is 2.61. The number of alkyl halides is 1.